The minimum Gasteiger partial charge on any atom is -0.455 e. The minimum absolute atomic E-state index is 0.589. The number of fused-ring (bicyclic) bond motifs is 8. The number of nitrogens with zero attached hydrogens (tertiary/aromatic N) is 4. The summed E-state index contributed by atoms with van der Waals surface area (Å²) in [6, 6.07) is 72.2. The Morgan fingerprint density at radius 1 is 0.344 bits per heavy atom. The molecule has 286 valence electrons. The van der Waals surface area contributed by atoms with Crippen molar-refractivity contribution in [3.63, 3.8) is 0 Å². The van der Waals surface area contributed by atoms with Crippen LogP contribution in [-0.2, 0) is 0 Å². The molecule has 0 fully saturated rings. The molecule has 0 aliphatic heterocycles. The van der Waals surface area contributed by atoms with Gasteiger partial charge in [-0.15, -0.1) is 11.3 Å². The van der Waals surface area contributed by atoms with Crippen LogP contribution in [0.5, 0.6) is 0 Å². The number of aromatic nitrogens is 3. The number of benzene rings is 9. The second kappa shape index (κ2) is 14.4. The third kappa shape index (κ3) is 6.12. The summed E-state index contributed by atoms with van der Waals surface area (Å²) in [5, 5.41) is 6.69. The Morgan fingerprint density at radius 2 is 0.885 bits per heavy atom. The molecule has 0 unspecified atom stereocenters. The van der Waals surface area contributed by atoms with Gasteiger partial charge in [-0.2, -0.15) is 0 Å². The quantitative estimate of drug-likeness (QED) is 0.161. The van der Waals surface area contributed by atoms with E-state index in [0.29, 0.717) is 17.5 Å². The fourth-order valence-corrected chi connectivity index (χ4v) is 9.69. The predicted molar refractivity (Wildman–Crippen MR) is 254 cm³/mol. The van der Waals surface area contributed by atoms with Gasteiger partial charge in [-0.3, -0.25) is 0 Å². The first-order valence-corrected chi connectivity index (χ1v) is 21.2. The lowest BCUT2D eigenvalue weighted by molar-refractivity contribution is 0.672. The summed E-state index contributed by atoms with van der Waals surface area (Å²) >= 11 is 1.83. The van der Waals surface area contributed by atoms with Crippen LogP contribution in [0.3, 0.4) is 0 Å². The van der Waals surface area contributed by atoms with Crippen LogP contribution < -0.4 is 4.90 Å². The van der Waals surface area contributed by atoms with Gasteiger partial charge < -0.3 is 9.32 Å². The molecule has 0 atom stereocenters. The topological polar surface area (TPSA) is 55.1 Å². The van der Waals surface area contributed by atoms with E-state index in [4.69, 9.17) is 19.4 Å². The molecule has 12 rings (SSSR count). The van der Waals surface area contributed by atoms with Crippen molar-refractivity contribution in [1.29, 1.82) is 0 Å². The monoisotopic (exact) mass is 798 g/mol. The van der Waals surface area contributed by atoms with E-state index in [1.807, 2.05) is 59.9 Å². The van der Waals surface area contributed by atoms with E-state index in [0.717, 1.165) is 77.6 Å². The van der Waals surface area contributed by atoms with Gasteiger partial charge in [-0.05, 0) is 65.7 Å². The second-order valence-corrected chi connectivity index (χ2v) is 16.3. The fraction of sp³-hybridized carbons (Fsp3) is 0. The van der Waals surface area contributed by atoms with E-state index >= 15 is 0 Å². The molecular formula is C55H34N4OS. The van der Waals surface area contributed by atoms with Crippen molar-refractivity contribution in [2.75, 3.05) is 4.90 Å². The molecule has 6 heteroatoms. The van der Waals surface area contributed by atoms with Gasteiger partial charge >= 0.3 is 0 Å². The second-order valence-electron chi connectivity index (χ2n) is 15.2. The summed E-state index contributed by atoms with van der Waals surface area (Å²) < 4.78 is 9.20. The van der Waals surface area contributed by atoms with Gasteiger partial charge in [-0.25, -0.2) is 15.0 Å². The van der Waals surface area contributed by atoms with Gasteiger partial charge in [-0.1, -0.05) is 152 Å². The summed E-state index contributed by atoms with van der Waals surface area (Å²) in [6.07, 6.45) is 0. The molecule has 0 N–H and O–H groups in total. The minimum atomic E-state index is 0.589. The summed E-state index contributed by atoms with van der Waals surface area (Å²) in [6.45, 7) is 0. The number of hydrogen-bond donors (Lipinski definition) is 0. The number of thiophene rings is 1. The Kier molecular flexibility index (Phi) is 8.28. The molecule has 0 saturated carbocycles. The van der Waals surface area contributed by atoms with Gasteiger partial charge in [0, 0.05) is 69.8 Å². The average Bonchev–Trinajstić information content (AvgIpc) is 3.90. The van der Waals surface area contributed by atoms with E-state index in [1.54, 1.807) is 0 Å². The third-order valence-electron chi connectivity index (χ3n) is 11.5. The average molecular weight is 799 g/mol. The highest BCUT2D eigenvalue weighted by Gasteiger charge is 2.22. The molecule has 5 nitrogen and oxygen atoms in total. The van der Waals surface area contributed by atoms with Crippen LogP contribution in [0, 0.1) is 0 Å². The molecular weight excluding hydrogens is 765 g/mol. The van der Waals surface area contributed by atoms with Gasteiger partial charge in [0.25, 0.3) is 0 Å². The Hall–Kier alpha value is -7.93. The van der Waals surface area contributed by atoms with Gasteiger partial charge in [0.05, 0.1) is 5.69 Å². The molecule has 0 aliphatic rings. The molecule has 0 spiro atoms. The lowest BCUT2D eigenvalue weighted by atomic mass is 9.99. The summed E-state index contributed by atoms with van der Waals surface area (Å²) in [5.41, 5.74) is 9.85. The number of hydrogen-bond acceptors (Lipinski definition) is 6. The van der Waals surface area contributed by atoms with Crippen molar-refractivity contribution in [2.45, 2.75) is 0 Å². The highest BCUT2D eigenvalue weighted by Crippen LogP contribution is 2.47. The number of para-hydroxylation sites is 2. The number of rotatable bonds is 7. The van der Waals surface area contributed by atoms with Crippen molar-refractivity contribution in [3.05, 3.63) is 206 Å². The Labute approximate surface area is 355 Å². The summed E-state index contributed by atoms with van der Waals surface area (Å²) in [5.74, 6) is 1.81. The van der Waals surface area contributed by atoms with E-state index < -0.39 is 0 Å². The highest BCUT2D eigenvalue weighted by molar-refractivity contribution is 7.25. The van der Waals surface area contributed by atoms with E-state index in [9.17, 15) is 0 Å². The van der Waals surface area contributed by atoms with Gasteiger partial charge in [0.1, 0.15) is 11.2 Å². The molecule has 0 saturated heterocycles. The van der Waals surface area contributed by atoms with Crippen LogP contribution in [0.1, 0.15) is 0 Å². The zero-order valence-corrected chi connectivity index (χ0v) is 33.6. The lowest BCUT2D eigenvalue weighted by Crippen LogP contribution is -2.10. The Morgan fingerprint density at radius 3 is 1.64 bits per heavy atom. The van der Waals surface area contributed by atoms with Crippen LogP contribution in [0.4, 0.5) is 17.1 Å². The van der Waals surface area contributed by atoms with Crippen molar-refractivity contribution < 1.29 is 4.42 Å². The zero-order chi connectivity index (χ0) is 40.3. The number of anilines is 3. The molecule has 3 heterocycles. The lowest BCUT2D eigenvalue weighted by Gasteiger charge is -2.27. The van der Waals surface area contributed by atoms with E-state index in [1.165, 1.54) is 20.2 Å². The molecule has 61 heavy (non-hydrogen) atoms. The Bertz CT molecular complexity index is 3580. The van der Waals surface area contributed by atoms with Crippen molar-refractivity contribution >= 4 is 81.3 Å². The zero-order valence-electron chi connectivity index (χ0n) is 32.7. The normalized spacial score (nSPS) is 11.6. The maximum absolute atomic E-state index is 6.69. The van der Waals surface area contributed by atoms with Gasteiger partial charge in [0.2, 0.25) is 0 Å². The Balaban J connectivity index is 1.09. The number of furan rings is 1. The molecule has 0 aliphatic carbocycles. The van der Waals surface area contributed by atoms with E-state index in [2.05, 4.69) is 163 Å². The predicted octanol–water partition coefficient (Wildman–Crippen LogP) is 15.4. The van der Waals surface area contributed by atoms with Crippen LogP contribution in [0.25, 0.3) is 98.2 Å². The molecule has 0 radical (unpaired) electrons. The molecule has 12 aromatic rings. The first-order valence-electron chi connectivity index (χ1n) is 20.3. The summed E-state index contributed by atoms with van der Waals surface area (Å²) in [7, 11) is 0. The maximum atomic E-state index is 6.69. The molecule has 3 aromatic heterocycles. The first-order chi connectivity index (χ1) is 30.2. The molecule has 0 amide bonds. The smallest absolute Gasteiger partial charge is 0.164 e. The fourth-order valence-electron chi connectivity index (χ4n) is 8.55. The first kappa shape index (κ1) is 35.1. The van der Waals surface area contributed by atoms with Crippen molar-refractivity contribution in [2.24, 2.45) is 0 Å². The van der Waals surface area contributed by atoms with Crippen LogP contribution in [0.15, 0.2) is 211 Å². The largest absolute Gasteiger partial charge is 0.455 e. The van der Waals surface area contributed by atoms with Crippen molar-refractivity contribution in [1.82, 2.24) is 15.0 Å². The van der Waals surface area contributed by atoms with Crippen LogP contribution in [0.2, 0.25) is 0 Å². The standard InChI is InChI=1S/C55H34N4OS/c1-4-14-35(15-5-1)36-24-26-38(27-25-36)54-56-53(37-16-6-2-7-17-37)57-55(58-54)39-28-30-45-46(32-39)48(34-47-42-20-10-12-22-49(42)60-52(45)47)59(40-18-8-3-9-19-40)41-29-31-44-43-21-11-13-23-50(43)61-51(44)33-41/h1-34H. The van der Waals surface area contributed by atoms with Gasteiger partial charge in [0.15, 0.2) is 17.5 Å². The molecule has 0 bridgehead atoms. The van der Waals surface area contributed by atoms with Crippen LogP contribution >= 0.6 is 11.3 Å². The van der Waals surface area contributed by atoms with E-state index in [-0.39, 0.29) is 0 Å². The maximum Gasteiger partial charge on any atom is 0.164 e. The summed E-state index contributed by atoms with van der Waals surface area (Å²) in [4.78, 5) is 17.8. The van der Waals surface area contributed by atoms with Crippen molar-refractivity contribution in [3.8, 4) is 45.3 Å². The van der Waals surface area contributed by atoms with Crippen LogP contribution in [-0.4, -0.2) is 15.0 Å². The highest BCUT2D eigenvalue weighted by atomic mass is 32.1. The third-order valence-corrected chi connectivity index (χ3v) is 12.6. The SMILES string of the molecule is c1ccc(-c2ccc(-c3nc(-c4ccccc4)nc(-c4ccc5c(c4)c(N(c4ccccc4)c4ccc6c(c4)sc4ccccc46)cc4c6ccccc6oc54)n3)cc2)cc1. The molecule has 9 aromatic carbocycles.